The summed E-state index contributed by atoms with van der Waals surface area (Å²) in [6, 6.07) is 6.40. The maximum atomic E-state index is 13.4. The molecule has 5 heteroatoms. The van der Waals surface area contributed by atoms with E-state index in [2.05, 4.69) is 9.97 Å². The zero-order valence-electron chi connectivity index (χ0n) is 8.23. The highest BCUT2D eigenvalue weighted by Gasteiger charge is 2.04. The zero-order chi connectivity index (χ0) is 11.4. The predicted molar refractivity (Wildman–Crippen MR) is 63.0 cm³/mol. The normalized spacial score (nSPS) is 10.4. The van der Waals surface area contributed by atoms with Gasteiger partial charge in [0, 0.05) is 23.2 Å². The van der Waals surface area contributed by atoms with Crippen LogP contribution in [0.4, 0.5) is 4.39 Å². The number of hydrogen-bond acceptors (Lipinski definition) is 3. The number of benzene rings is 1. The Hall–Kier alpha value is -1.13. The van der Waals surface area contributed by atoms with Crippen LogP contribution in [0.1, 0.15) is 5.56 Å². The van der Waals surface area contributed by atoms with Gasteiger partial charge < -0.3 is 0 Å². The number of nitrogens with zero attached hydrogens (tertiary/aromatic N) is 2. The Morgan fingerprint density at radius 3 is 2.69 bits per heavy atom. The van der Waals surface area contributed by atoms with Gasteiger partial charge in [0.25, 0.3) is 0 Å². The Balaban J connectivity index is 2.05. The fourth-order valence-corrected chi connectivity index (χ4v) is 2.09. The third-order valence-corrected chi connectivity index (χ3v) is 3.07. The Kier molecular flexibility index (Phi) is 3.74. The van der Waals surface area contributed by atoms with E-state index >= 15 is 0 Å². The molecule has 0 bridgehead atoms. The Bertz CT molecular complexity index is 479. The van der Waals surface area contributed by atoms with Crippen LogP contribution in [-0.4, -0.2) is 9.97 Å². The minimum atomic E-state index is -0.295. The van der Waals surface area contributed by atoms with Crippen molar-refractivity contribution in [2.75, 3.05) is 0 Å². The molecular weight excluding hydrogens is 247 g/mol. The zero-order valence-corrected chi connectivity index (χ0v) is 9.80. The lowest BCUT2D eigenvalue weighted by molar-refractivity contribution is 0.617. The van der Waals surface area contributed by atoms with E-state index in [-0.39, 0.29) is 5.82 Å². The molecule has 0 radical (unpaired) electrons. The molecule has 2 rings (SSSR count). The highest BCUT2D eigenvalue weighted by Crippen LogP contribution is 2.22. The molecule has 0 spiro atoms. The van der Waals surface area contributed by atoms with E-state index in [1.54, 1.807) is 30.6 Å². The molecule has 2 aromatic rings. The van der Waals surface area contributed by atoms with Crippen LogP contribution in [0.2, 0.25) is 5.02 Å². The van der Waals surface area contributed by atoms with Gasteiger partial charge >= 0.3 is 0 Å². The molecule has 0 aliphatic rings. The molecule has 0 unspecified atom stereocenters. The summed E-state index contributed by atoms with van der Waals surface area (Å²) < 4.78 is 13.4. The molecular formula is C11H8ClFN2S. The van der Waals surface area contributed by atoms with Gasteiger partial charge in [-0.1, -0.05) is 29.4 Å². The first-order valence-electron chi connectivity index (χ1n) is 4.59. The highest BCUT2D eigenvalue weighted by atomic mass is 35.5. The molecule has 2 nitrogen and oxygen atoms in total. The van der Waals surface area contributed by atoms with E-state index < -0.39 is 0 Å². The predicted octanol–water partition coefficient (Wildman–Crippen LogP) is 3.56. The summed E-state index contributed by atoms with van der Waals surface area (Å²) in [7, 11) is 0. The van der Waals surface area contributed by atoms with Gasteiger partial charge in [0.05, 0.1) is 0 Å². The minimum absolute atomic E-state index is 0.295. The van der Waals surface area contributed by atoms with Crippen molar-refractivity contribution in [2.45, 2.75) is 10.9 Å². The minimum Gasteiger partial charge on any atom is -0.231 e. The van der Waals surface area contributed by atoms with Crippen LogP contribution in [0.3, 0.4) is 0 Å². The van der Waals surface area contributed by atoms with Crippen LogP contribution in [-0.2, 0) is 5.75 Å². The summed E-state index contributed by atoms with van der Waals surface area (Å²) in [4.78, 5) is 8.09. The van der Waals surface area contributed by atoms with Crippen molar-refractivity contribution in [1.29, 1.82) is 0 Å². The smallest absolute Gasteiger partial charge is 0.187 e. The summed E-state index contributed by atoms with van der Waals surface area (Å²) in [6.45, 7) is 0. The lowest BCUT2D eigenvalue weighted by Crippen LogP contribution is -1.89. The van der Waals surface area contributed by atoms with Gasteiger partial charge in [0.2, 0.25) is 0 Å². The molecule has 0 aliphatic carbocycles. The fraction of sp³-hybridized carbons (Fsp3) is 0.0909. The first kappa shape index (κ1) is 11.4. The number of rotatable bonds is 3. The number of thioether (sulfide) groups is 1. The SMILES string of the molecule is Fc1cc(Cl)ccc1CSc1ncccn1. The van der Waals surface area contributed by atoms with Crippen LogP contribution < -0.4 is 0 Å². The van der Waals surface area contributed by atoms with Crippen molar-refractivity contribution in [3.05, 3.63) is 53.1 Å². The second-order valence-electron chi connectivity index (χ2n) is 3.06. The van der Waals surface area contributed by atoms with Crippen LogP contribution in [0.5, 0.6) is 0 Å². The van der Waals surface area contributed by atoms with Gasteiger partial charge in [0.15, 0.2) is 5.16 Å². The van der Waals surface area contributed by atoms with Crippen LogP contribution in [0.15, 0.2) is 41.8 Å². The van der Waals surface area contributed by atoms with Crippen molar-refractivity contribution in [2.24, 2.45) is 0 Å². The largest absolute Gasteiger partial charge is 0.231 e. The van der Waals surface area contributed by atoms with E-state index in [1.165, 1.54) is 17.8 Å². The second kappa shape index (κ2) is 5.27. The topological polar surface area (TPSA) is 25.8 Å². The lowest BCUT2D eigenvalue weighted by Gasteiger charge is -2.02. The molecule has 0 N–H and O–H groups in total. The molecule has 1 aromatic heterocycles. The number of halogens is 2. The Morgan fingerprint density at radius 1 is 1.25 bits per heavy atom. The van der Waals surface area contributed by atoms with Crippen molar-refractivity contribution in [3.63, 3.8) is 0 Å². The Labute approximate surface area is 102 Å². The second-order valence-corrected chi connectivity index (χ2v) is 4.43. The van der Waals surface area contributed by atoms with E-state index in [9.17, 15) is 4.39 Å². The van der Waals surface area contributed by atoms with Gasteiger partial charge in [-0.05, 0) is 23.8 Å². The van der Waals surface area contributed by atoms with Gasteiger partial charge in [0.1, 0.15) is 5.82 Å². The Morgan fingerprint density at radius 2 is 2.00 bits per heavy atom. The van der Waals surface area contributed by atoms with Crippen molar-refractivity contribution in [1.82, 2.24) is 9.97 Å². The summed E-state index contributed by atoms with van der Waals surface area (Å²) in [5, 5.41) is 1.04. The summed E-state index contributed by atoms with van der Waals surface area (Å²) in [5.41, 5.74) is 0.599. The molecule has 1 heterocycles. The van der Waals surface area contributed by atoms with Crippen molar-refractivity contribution in [3.8, 4) is 0 Å². The molecule has 16 heavy (non-hydrogen) atoms. The van der Waals surface area contributed by atoms with E-state index in [1.807, 2.05) is 0 Å². The van der Waals surface area contributed by atoms with E-state index in [0.717, 1.165) is 0 Å². The summed E-state index contributed by atoms with van der Waals surface area (Å²) >= 11 is 7.05. The summed E-state index contributed by atoms with van der Waals surface area (Å²) in [6.07, 6.45) is 3.32. The molecule has 0 saturated carbocycles. The standard InChI is InChI=1S/C11H8ClFN2S/c12-9-3-2-8(10(13)6-9)7-16-11-14-4-1-5-15-11/h1-6H,7H2. The van der Waals surface area contributed by atoms with Crippen LogP contribution >= 0.6 is 23.4 Å². The van der Waals surface area contributed by atoms with Gasteiger partial charge in [-0.2, -0.15) is 0 Å². The first-order chi connectivity index (χ1) is 7.75. The lowest BCUT2D eigenvalue weighted by atomic mass is 10.2. The van der Waals surface area contributed by atoms with Crippen molar-refractivity contribution >= 4 is 23.4 Å². The average Bonchev–Trinajstić information content (AvgIpc) is 2.29. The molecule has 0 atom stereocenters. The fourth-order valence-electron chi connectivity index (χ4n) is 1.14. The third-order valence-electron chi connectivity index (χ3n) is 1.91. The molecule has 0 aliphatic heterocycles. The summed E-state index contributed by atoms with van der Waals surface area (Å²) in [5.74, 6) is 0.198. The van der Waals surface area contributed by atoms with Crippen LogP contribution in [0.25, 0.3) is 0 Å². The van der Waals surface area contributed by atoms with E-state index in [0.29, 0.717) is 21.5 Å². The molecule has 0 saturated heterocycles. The molecule has 1 aromatic carbocycles. The van der Waals surface area contributed by atoms with Gasteiger partial charge in [-0.3, -0.25) is 0 Å². The first-order valence-corrected chi connectivity index (χ1v) is 5.96. The van der Waals surface area contributed by atoms with Gasteiger partial charge in [-0.25, -0.2) is 14.4 Å². The molecule has 0 amide bonds. The average molecular weight is 255 g/mol. The maximum Gasteiger partial charge on any atom is 0.187 e. The molecule has 0 fully saturated rings. The number of hydrogen-bond donors (Lipinski definition) is 0. The monoisotopic (exact) mass is 254 g/mol. The molecule has 82 valence electrons. The van der Waals surface area contributed by atoms with E-state index in [4.69, 9.17) is 11.6 Å². The quantitative estimate of drug-likeness (QED) is 0.619. The highest BCUT2D eigenvalue weighted by molar-refractivity contribution is 7.98. The van der Waals surface area contributed by atoms with Crippen LogP contribution in [0, 0.1) is 5.82 Å². The number of aromatic nitrogens is 2. The maximum absolute atomic E-state index is 13.4. The van der Waals surface area contributed by atoms with Gasteiger partial charge in [-0.15, -0.1) is 0 Å². The third kappa shape index (κ3) is 2.93. The van der Waals surface area contributed by atoms with Crippen molar-refractivity contribution < 1.29 is 4.39 Å².